The summed E-state index contributed by atoms with van der Waals surface area (Å²) in [7, 11) is 0. The number of piperazine rings is 1. The molecule has 1 heterocycles. The van der Waals surface area contributed by atoms with E-state index in [1.165, 1.54) is 12.1 Å². The molecule has 0 saturated carbocycles. The summed E-state index contributed by atoms with van der Waals surface area (Å²) in [5, 5.41) is 0. The number of aryl methyl sites for hydroxylation is 1. The molecule has 1 aliphatic heterocycles. The van der Waals surface area contributed by atoms with Crippen molar-refractivity contribution in [3.8, 4) is 0 Å². The minimum atomic E-state index is -2.42. The molecule has 2 amide bonds. The number of nitrogens with one attached hydrogen (secondary N) is 1. The predicted molar refractivity (Wildman–Crippen MR) is 106 cm³/mol. The van der Waals surface area contributed by atoms with Gasteiger partial charge in [0.1, 0.15) is 5.82 Å². The van der Waals surface area contributed by atoms with Crippen molar-refractivity contribution in [2.24, 2.45) is 0 Å². The number of hydrogen-bond acceptors (Lipinski definition) is 4. The van der Waals surface area contributed by atoms with Gasteiger partial charge in [-0.3, -0.25) is 13.8 Å². The van der Waals surface area contributed by atoms with Crippen LogP contribution < -0.4 is 4.72 Å². The lowest BCUT2D eigenvalue weighted by molar-refractivity contribution is -0.131. The van der Waals surface area contributed by atoms with E-state index in [0.29, 0.717) is 43.0 Å². The third-order valence-corrected chi connectivity index (χ3v) is 5.24. The summed E-state index contributed by atoms with van der Waals surface area (Å²) >= 11 is -2.42. The fraction of sp³-hybridized carbons (Fsp3) is 0.300. The number of carbonyl (C=O) groups excluding carboxylic acids is 2. The van der Waals surface area contributed by atoms with Crippen molar-refractivity contribution in [3.63, 3.8) is 0 Å². The maximum atomic E-state index is 13.0. The van der Waals surface area contributed by atoms with Gasteiger partial charge < -0.3 is 19.1 Å². The van der Waals surface area contributed by atoms with Crippen LogP contribution in [-0.2, 0) is 22.5 Å². The van der Waals surface area contributed by atoms with Gasteiger partial charge in [-0.05, 0) is 48.4 Å². The Morgan fingerprint density at radius 3 is 2.28 bits per heavy atom. The van der Waals surface area contributed by atoms with Gasteiger partial charge in [0.05, 0.1) is 6.42 Å². The van der Waals surface area contributed by atoms with E-state index >= 15 is 0 Å². The van der Waals surface area contributed by atoms with Gasteiger partial charge in [-0.25, -0.2) is 4.39 Å². The van der Waals surface area contributed by atoms with Crippen LogP contribution in [-0.4, -0.2) is 56.6 Å². The second-order valence-corrected chi connectivity index (χ2v) is 7.52. The van der Waals surface area contributed by atoms with Crippen molar-refractivity contribution >= 4 is 28.8 Å². The van der Waals surface area contributed by atoms with E-state index in [9.17, 15) is 22.7 Å². The molecule has 154 valence electrons. The molecule has 0 spiro atoms. The predicted octanol–water partition coefficient (Wildman–Crippen LogP) is 1.87. The average Bonchev–Trinajstić information content (AvgIpc) is 2.70. The summed E-state index contributed by atoms with van der Waals surface area (Å²) in [6.07, 6.45) is 0.197. The lowest BCUT2D eigenvalue weighted by atomic mass is 10.1. The molecule has 1 unspecified atom stereocenters. The van der Waals surface area contributed by atoms with Crippen LogP contribution in [0, 0.1) is 12.7 Å². The second kappa shape index (κ2) is 9.15. The Kier molecular flexibility index (Phi) is 6.60. The molecule has 29 heavy (non-hydrogen) atoms. The maximum Gasteiger partial charge on any atom is 0.253 e. The van der Waals surface area contributed by atoms with Crippen LogP contribution in [0.3, 0.4) is 0 Å². The zero-order valence-corrected chi connectivity index (χ0v) is 16.7. The summed E-state index contributed by atoms with van der Waals surface area (Å²) in [6, 6.07) is 10.6. The molecule has 0 bridgehead atoms. The lowest BCUT2D eigenvalue weighted by Crippen LogP contribution is -2.51. The molecular weight excluding hydrogens is 397 g/mol. The number of halogens is 1. The molecular formula is C20H21FN3O4S-. The van der Waals surface area contributed by atoms with Crippen LogP contribution in [0.4, 0.5) is 10.1 Å². The van der Waals surface area contributed by atoms with Crippen LogP contribution in [0.2, 0.25) is 0 Å². The fourth-order valence-electron chi connectivity index (χ4n) is 3.23. The Morgan fingerprint density at radius 1 is 1.07 bits per heavy atom. The van der Waals surface area contributed by atoms with Gasteiger partial charge in [0.2, 0.25) is 5.91 Å². The number of amides is 2. The highest BCUT2D eigenvalue weighted by Crippen LogP contribution is 2.19. The summed E-state index contributed by atoms with van der Waals surface area (Å²) in [5.74, 6) is -0.553. The SMILES string of the molecule is Cc1cc(C(=O)N2CCN(C(=O)Cc3ccc(F)cc3)CC2)ccc1NS(=O)[O-]. The molecule has 1 fully saturated rings. The normalized spacial score (nSPS) is 15.1. The number of hydrogen-bond donors (Lipinski definition) is 1. The Bertz CT molecular complexity index is 928. The van der Waals surface area contributed by atoms with Crippen molar-refractivity contribution in [3.05, 3.63) is 65.0 Å². The van der Waals surface area contributed by atoms with Gasteiger partial charge in [0, 0.05) is 48.7 Å². The summed E-state index contributed by atoms with van der Waals surface area (Å²) in [5.41, 5.74) is 2.29. The van der Waals surface area contributed by atoms with Gasteiger partial charge in [-0.2, -0.15) is 0 Å². The van der Waals surface area contributed by atoms with E-state index in [2.05, 4.69) is 4.72 Å². The summed E-state index contributed by atoms with van der Waals surface area (Å²) < 4.78 is 36.8. The van der Waals surface area contributed by atoms with Gasteiger partial charge in [0.25, 0.3) is 5.91 Å². The Balaban J connectivity index is 1.56. The number of nitrogens with zero attached hydrogens (tertiary/aromatic N) is 2. The van der Waals surface area contributed by atoms with Gasteiger partial charge >= 0.3 is 0 Å². The Hall–Kier alpha value is -2.78. The van der Waals surface area contributed by atoms with Crippen LogP contribution in [0.1, 0.15) is 21.5 Å². The number of benzene rings is 2. The van der Waals surface area contributed by atoms with Crippen molar-refractivity contribution in [1.29, 1.82) is 0 Å². The average molecular weight is 418 g/mol. The summed E-state index contributed by atoms with van der Waals surface area (Å²) in [6.45, 7) is 3.41. The molecule has 0 aromatic heterocycles. The van der Waals surface area contributed by atoms with E-state index in [0.717, 1.165) is 5.56 Å². The van der Waals surface area contributed by atoms with Gasteiger partial charge in [-0.15, -0.1) is 0 Å². The van der Waals surface area contributed by atoms with E-state index in [1.54, 1.807) is 47.1 Å². The van der Waals surface area contributed by atoms with Gasteiger partial charge in [0.15, 0.2) is 0 Å². The van der Waals surface area contributed by atoms with Crippen LogP contribution in [0.25, 0.3) is 0 Å². The fourth-order valence-corrected chi connectivity index (χ4v) is 3.64. The molecule has 9 heteroatoms. The molecule has 1 N–H and O–H groups in total. The zero-order chi connectivity index (χ0) is 21.0. The largest absolute Gasteiger partial charge is 0.755 e. The van der Waals surface area contributed by atoms with Crippen molar-refractivity contribution < 1.29 is 22.7 Å². The third-order valence-electron chi connectivity index (χ3n) is 4.85. The van der Waals surface area contributed by atoms with E-state index in [4.69, 9.17) is 0 Å². The first-order chi connectivity index (χ1) is 13.8. The summed E-state index contributed by atoms with van der Waals surface area (Å²) in [4.78, 5) is 28.5. The number of anilines is 1. The molecule has 0 radical (unpaired) electrons. The molecule has 0 aliphatic carbocycles. The standard InChI is InChI=1S/C20H22FN3O4S/c1-14-12-16(4-7-18(14)22-29(27)28)20(26)24-10-8-23(9-11-24)19(25)13-15-2-5-17(21)6-3-15/h2-7,12,22H,8-11,13H2,1H3,(H,27,28)/p-1. The maximum absolute atomic E-state index is 13.0. The number of carbonyl (C=O) groups is 2. The first kappa shape index (κ1) is 20.9. The molecule has 3 rings (SSSR count). The van der Waals surface area contributed by atoms with Crippen molar-refractivity contribution in [2.45, 2.75) is 13.3 Å². The Labute approximate surface area is 170 Å². The minimum Gasteiger partial charge on any atom is -0.755 e. The molecule has 1 aliphatic rings. The highest BCUT2D eigenvalue weighted by atomic mass is 32.2. The number of rotatable bonds is 5. The molecule has 2 aromatic carbocycles. The molecule has 7 nitrogen and oxygen atoms in total. The Morgan fingerprint density at radius 2 is 1.69 bits per heavy atom. The highest BCUT2D eigenvalue weighted by Gasteiger charge is 2.25. The van der Waals surface area contributed by atoms with Crippen LogP contribution in [0.15, 0.2) is 42.5 Å². The molecule has 1 saturated heterocycles. The quantitative estimate of drug-likeness (QED) is 0.751. The zero-order valence-electron chi connectivity index (χ0n) is 15.9. The minimum absolute atomic E-state index is 0.0550. The van der Waals surface area contributed by atoms with Crippen LogP contribution >= 0.6 is 0 Å². The topological polar surface area (TPSA) is 92.8 Å². The van der Waals surface area contributed by atoms with Crippen molar-refractivity contribution in [2.75, 3.05) is 30.9 Å². The monoisotopic (exact) mass is 418 g/mol. The highest BCUT2D eigenvalue weighted by molar-refractivity contribution is 7.80. The van der Waals surface area contributed by atoms with E-state index < -0.39 is 11.3 Å². The third kappa shape index (κ3) is 5.39. The molecule has 1 atom stereocenters. The molecule has 2 aromatic rings. The van der Waals surface area contributed by atoms with E-state index in [-0.39, 0.29) is 24.1 Å². The second-order valence-electron chi connectivity index (χ2n) is 6.84. The first-order valence-electron chi connectivity index (χ1n) is 9.11. The lowest BCUT2D eigenvalue weighted by Gasteiger charge is -2.35. The van der Waals surface area contributed by atoms with E-state index in [1.807, 2.05) is 0 Å². The van der Waals surface area contributed by atoms with Crippen LogP contribution in [0.5, 0.6) is 0 Å². The smallest absolute Gasteiger partial charge is 0.253 e. The van der Waals surface area contributed by atoms with Gasteiger partial charge in [-0.1, -0.05) is 12.1 Å². The first-order valence-corrected chi connectivity index (χ1v) is 10.2. The van der Waals surface area contributed by atoms with Crippen molar-refractivity contribution in [1.82, 2.24) is 9.80 Å².